The van der Waals surface area contributed by atoms with Crippen LogP contribution in [0.5, 0.6) is 5.75 Å². The number of aryl methyl sites for hydroxylation is 1. The van der Waals surface area contributed by atoms with Gasteiger partial charge in [0, 0.05) is 18.5 Å². The Labute approximate surface area is 121 Å². The van der Waals surface area contributed by atoms with E-state index in [0.29, 0.717) is 0 Å². The monoisotopic (exact) mass is 275 g/mol. The van der Waals surface area contributed by atoms with Gasteiger partial charge in [-0.2, -0.15) is 0 Å². The zero-order chi connectivity index (χ0) is 14.0. The van der Waals surface area contributed by atoms with Crippen molar-refractivity contribution in [3.63, 3.8) is 0 Å². The van der Waals surface area contributed by atoms with Gasteiger partial charge in [0.05, 0.1) is 6.61 Å². The molecule has 2 aliphatic rings. The minimum atomic E-state index is -0.0632. The Morgan fingerprint density at radius 2 is 2.10 bits per heavy atom. The summed E-state index contributed by atoms with van der Waals surface area (Å²) in [5.41, 5.74) is 2.55. The van der Waals surface area contributed by atoms with Crippen molar-refractivity contribution in [1.29, 1.82) is 0 Å². The fourth-order valence-corrected chi connectivity index (χ4v) is 3.51. The van der Waals surface area contributed by atoms with Crippen LogP contribution in [0.25, 0.3) is 0 Å². The predicted octanol–water partition coefficient (Wildman–Crippen LogP) is 2.58. The summed E-state index contributed by atoms with van der Waals surface area (Å²) in [6.45, 7) is 3.19. The van der Waals surface area contributed by atoms with Crippen LogP contribution in [0.3, 0.4) is 0 Å². The summed E-state index contributed by atoms with van der Waals surface area (Å²) in [6, 6.07) is 6.40. The first-order valence-electron chi connectivity index (χ1n) is 7.83. The number of nitrogens with one attached hydrogen (secondary N) is 1. The fourth-order valence-electron chi connectivity index (χ4n) is 3.51. The van der Waals surface area contributed by atoms with E-state index >= 15 is 0 Å². The van der Waals surface area contributed by atoms with Crippen LogP contribution in [0.4, 0.5) is 0 Å². The van der Waals surface area contributed by atoms with E-state index in [-0.39, 0.29) is 18.2 Å². The fraction of sp³-hybridized carbons (Fsp3) is 0.647. The van der Waals surface area contributed by atoms with Gasteiger partial charge in [-0.25, -0.2) is 0 Å². The molecule has 3 nitrogen and oxygen atoms in total. The lowest BCUT2D eigenvalue weighted by Crippen LogP contribution is -2.52. The number of hydrogen-bond donors (Lipinski definition) is 2. The molecule has 1 unspecified atom stereocenters. The maximum atomic E-state index is 9.72. The molecule has 3 rings (SSSR count). The smallest absolute Gasteiger partial charge is 0.123 e. The normalized spacial score (nSPS) is 24.2. The quantitative estimate of drug-likeness (QED) is 0.887. The predicted molar refractivity (Wildman–Crippen MR) is 80.2 cm³/mol. The van der Waals surface area contributed by atoms with Gasteiger partial charge in [0.25, 0.3) is 0 Å². The van der Waals surface area contributed by atoms with Crippen molar-refractivity contribution in [3.8, 4) is 5.75 Å². The summed E-state index contributed by atoms with van der Waals surface area (Å²) in [5, 5.41) is 13.3. The van der Waals surface area contributed by atoms with E-state index in [1.165, 1.54) is 30.4 Å². The maximum absolute atomic E-state index is 9.72. The molecule has 0 spiro atoms. The standard InChI is InChI=1S/C17H25NO2/c1-13-5-6-16-14(9-13)10-15(20-16)11-18-17(12-19)7-3-2-4-8-17/h5-6,9,15,18-19H,2-4,7-8,10-12H2,1H3. The van der Waals surface area contributed by atoms with E-state index in [1.54, 1.807) is 0 Å². The average molecular weight is 275 g/mol. The van der Waals surface area contributed by atoms with Gasteiger partial charge >= 0.3 is 0 Å². The minimum absolute atomic E-state index is 0.0632. The molecule has 1 aromatic rings. The van der Waals surface area contributed by atoms with E-state index < -0.39 is 0 Å². The number of ether oxygens (including phenoxy) is 1. The van der Waals surface area contributed by atoms with Crippen LogP contribution in [-0.2, 0) is 6.42 Å². The maximum Gasteiger partial charge on any atom is 0.123 e. The highest BCUT2D eigenvalue weighted by Crippen LogP contribution is 2.31. The van der Waals surface area contributed by atoms with Crippen molar-refractivity contribution >= 4 is 0 Å². The van der Waals surface area contributed by atoms with E-state index in [9.17, 15) is 5.11 Å². The Kier molecular flexibility index (Phi) is 3.99. The second kappa shape index (κ2) is 5.74. The molecular weight excluding hydrogens is 250 g/mol. The highest BCUT2D eigenvalue weighted by Gasteiger charge is 2.32. The molecule has 0 amide bonds. The van der Waals surface area contributed by atoms with E-state index in [2.05, 4.69) is 30.4 Å². The van der Waals surface area contributed by atoms with Crippen molar-refractivity contribution < 1.29 is 9.84 Å². The molecule has 0 aromatic heterocycles. The van der Waals surface area contributed by atoms with Crippen LogP contribution in [0.15, 0.2) is 18.2 Å². The lowest BCUT2D eigenvalue weighted by molar-refractivity contribution is 0.105. The van der Waals surface area contributed by atoms with Gasteiger partial charge in [-0.1, -0.05) is 37.0 Å². The summed E-state index contributed by atoms with van der Waals surface area (Å²) in [6.07, 6.45) is 7.10. The number of benzene rings is 1. The van der Waals surface area contributed by atoms with Crippen molar-refractivity contribution in [1.82, 2.24) is 5.32 Å². The molecule has 1 aliphatic carbocycles. The Morgan fingerprint density at radius 1 is 1.30 bits per heavy atom. The van der Waals surface area contributed by atoms with Crippen molar-refractivity contribution in [2.24, 2.45) is 0 Å². The number of fused-ring (bicyclic) bond motifs is 1. The topological polar surface area (TPSA) is 41.5 Å². The Morgan fingerprint density at radius 3 is 2.85 bits per heavy atom. The summed E-state index contributed by atoms with van der Waals surface area (Å²) in [5.74, 6) is 1.03. The second-order valence-electron chi connectivity index (χ2n) is 6.44. The van der Waals surface area contributed by atoms with Gasteiger partial charge in [0.2, 0.25) is 0 Å². The molecule has 0 radical (unpaired) electrons. The third-order valence-electron chi connectivity index (χ3n) is 4.78. The van der Waals surface area contributed by atoms with Crippen LogP contribution in [0, 0.1) is 6.92 Å². The molecule has 2 N–H and O–H groups in total. The first-order valence-corrected chi connectivity index (χ1v) is 7.83. The summed E-state index contributed by atoms with van der Waals surface area (Å²) >= 11 is 0. The second-order valence-corrected chi connectivity index (χ2v) is 6.44. The molecule has 1 saturated carbocycles. The molecule has 1 aromatic carbocycles. The lowest BCUT2D eigenvalue weighted by Gasteiger charge is -2.37. The molecule has 1 fully saturated rings. The van der Waals surface area contributed by atoms with E-state index in [1.807, 2.05) is 0 Å². The number of hydrogen-bond acceptors (Lipinski definition) is 3. The largest absolute Gasteiger partial charge is 0.488 e. The van der Waals surface area contributed by atoms with Crippen LogP contribution >= 0.6 is 0 Å². The lowest BCUT2D eigenvalue weighted by atomic mass is 9.82. The zero-order valence-corrected chi connectivity index (χ0v) is 12.3. The van der Waals surface area contributed by atoms with Gasteiger partial charge in [-0.3, -0.25) is 0 Å². The molecule has 1 aliphatic heterocycles. The third-order valence-corrected chi connectivity index (χ3v) is 4.78. The molecule has 0 bridgehead atoms. The van der Waals surface area contributed by atoms with Crippen LogP contribution in [0.2, 0.25) is 0 Å². The summed E-state index contributed by atoms with van der Waals surface area (Å²) in [4.78, 5) is 0. The zero-order valence-electron chi connectivity index (χ0n) is 12.3. The summed E-state index contributed by atoms with van der Waals surface area (Å²) < 4.78 is 6.00. The number of aliphatic hydroxyl groups is 1. The summed E-state index contributed by atoms with van der Waals surface area (Å²) in [7, 11) is 0. The molecular formula is C17H25NO2. The average Bonchev–Trinajstić information content (AvgIpc) is 2.88. The minimum Gasteiger partial charge on any atom is -0.488 e. The van der Waals surface area contributed by atoms with Gasteiger partial charge < -0.3 is 15.2 Å². The van der Waals surface area contributed by atoms with Crippen LogP contribution in [0.1, 0.15) is 43.2 Å². The molecule has 3 heteroatoms. The van der Waals surface area contributed by atoms with Gasteiger partial charge in [-0.15, -0.1) is 0 Å². The van der Waals surface area contributed by atoms with Gasteiger partial charge in [0.1, 0.15) is 11.9 Å². The SMILES string of the molecule is Cc1ccc2c(c1)CC(CNC1(CO)CCCCC1)O2. The highest BCUT2D eigenvalue weighted by atomic mass is 16.5. The van der Waals surface area contributed by atoms with Gasteiger partial charge in [0.15, 0.2) is 0 Å². The first kappa shape index (κ1) is 13.9. The van der Waals surface area contributed by atoms with Gasteiger partial charge in [-0.05, 0) is 31.4 Å². The molecule has 0 saturated heterocycles. The molecule has 110 valence electrons. The van der Waals surface area contributed by atoms with E-state index in [0.717, 1.165) is 31.6 Å². The Bertz CT molecular complexity index is 466. The molecule has 1 atom stereocenters. The molecule has 1 heterocycles. The third kappa shape index (κ3) is 2.84. The highest BCUT2D eigenvalue weighted by molar-refractivity contribution is 5.40. The molecule has 20 heavy (non-hydrogen) atoms. The first-order chi connectivity index (χ1) is 9.71. The van der Waals surface area contributed by atoms with Crippen LogP contribution < -0.4 is 10.1 Å². The van der Waals surface area contributed by atoms with Crippen molar-refractivity contribution in [2.45, 2.75) is 57.1 Å². The Balaban J connectivity index is 1.57. The number of rotatable bonds is 4. The van der Waals surface area contributed by atoms with E-state index in [4.69, 9.17) is 4.74 Å². The number of aliphatic hydroxyl groups excluding tert-OH is 1. The van der Waals surface area contributed by atoms with Crippen molar-refractivity contribution in [3.05, 3.63) is 29.3 Å². The van der Waals surface area contributed by atoms with Crippen molar-refractivity contribution in [2.75, 3.05) is 13.2 Å². The Hall–Kier alpha value is -1.06. The van der Waals surface area contributed by atoms with Crippen LogP contribution in [-0.4, -0.2) is 29.9 Å².